The molecule has 1 saturated carbocycles. The summed E-state index contributed by atoms with van der Waals surface area (Å²) in [4.78, 5) is 1.68. The van der Waals surface area contributed by atoms with E-state index in [1.807, 2.05) is 16.9 Å². The molecular formula is C18H18ClF2N5. The number of hydrogen-bond donors (Lipinski definition) is 0. The molecule has 8 heteroatoms. The molecular weight excluding hydrogens is 360 g/mol. The highest BCUT2D eigenvalue weighted by atomic mass is 35.5. The number of aromatic nitrogens is 4. The second kappa shape index (κ2) is 5.67. The second-order valence-electron chi connectivity index (χ2n) is 7.21. The highest BCUT2D eigenvalue weighted by Crippen LogP contribution is 2.37. The van der Waals surface area contributed by atoms with E-state index in [9.17, 15) is 8.78 Å². The summed E-state index contributed by atoms with van der Waals surface area (Å²) in [5, 5.41) is 10.2. The Morgan fingerprint density at radius 1 is 1.15 bits per heavy atom. The molecule has 2 aliphatic rings. The van der Waals surface area contributed by atoms with Gasteiger partial charge in [-0.05, 0) is 31.4 Å². The first kappa shape index (κ1) is 16.1. The van der Waals surface area contributed by atoms with Gasteiger partial charge in [-0.25, -0.2) is 13.5 Å². The fourth-order valence-electron chi connectivity index (χ4n) is 3.63. The van der Waals surface area contributed by atoms with Crippen molar-refractivity contribution in [3.05, 3.63) is 35.7 Å². The lowest BCUT2D eigenvalue weighted by Crippen LogP contribution is -2.42. The number of alkyl halides is 2. The van der Waals surface area contributed by atoms with Crippen LogP contribution in [0.25, 0.3) is 16.6 Å². The lowest BCUT2D eigenvalue weighted by Gasteiger charge is -2.34. The Morgan fingerprint density at radius 2 is 2.00 bits per heavy atom. The molecule has 0 N–H and O–H groups in total. The molecule has 1 saturated heterocycles. The highest BCUT2D eigenvalue weighted by Gasteiger charge is 2.36. The molecule has 2 aromatic heterocycles. The summed E-state index contributed by atoms with van der Waals surface area (Å²) in [5.41, 5.74) is 2.34. The van der Waals surface area contributed by atoms with E-state index in [1.54, 1.807) is 28.0 Å². The molecule has 5 nitrogen and oxygen atoms in total. The summed E-state index contributed by atoms with van der Waals surface area (Å²) in [6.07, 6.45) is 8.20. The summed E-state index contributed by atoms with van der Waals surface area (Å²) >= 11 is 6.40. The summed E-state index contributed by atoms with van der Waals surface area (Å²) < 4.78 is 31.4. The maximum atomic E-state index is 13.8. The van der Waals surface area contributed by atoms with Crippen LogP contribution in [0.2, 0.25) is 5.02 Å². The van der Waals surface area contributed by atoms with Crippen LogP contribution in [0.3, 0.4) is 0 Å². The van der Waals surface area contributed by atoms with Crippen LogP contribution in [-0.2, 0) is 0 Å². The van der Waals surface area contributed by atoms with E-state index in [0.29, 0.717) is 29.7 Å². The van der Waals surface area contributed by atoms with E-state index in [2.05, 4.69) is 10.2 Å². The minimum Gasteiger partial charge on any atom is -0.364 e. The number of piperidine rings is 1. The Bertz CT molecular complexity index is 975. The molecule has 1 aromatic carbocycles. The largest absolute Gasteiger partial charge is 0.364 e. The van der Waals surface area contributed by atoms with Crippen molar-refractivity contribution in [2.75, 3.05) is 18.0 Å². The number of benzene rings is 1. The van der Waals surface area contributed by atoms with Crippen LogP contribution < -0.4 is 4.90 Å². The monoisotopic (exact) mass is 377 g/mol. The van der Waals surface area contributed by atoms with Gasteiger partial charge in [0.05, 0.1) is 47.4 Å². The van der Waals surface area contributed by atoms with Gasteiger partial charge in [0.1, 0.15) is 5.69 Å². The first-order valence-electron chi connectivity index (χ1n) is 8.85. The average Bonchev–Trinajstić information content (AvgIpc) is 3.19. The van der Waals surface area contributed by atoms with Crippen molar-refractivity contribution in [2.45, 2.75) is 37.6 Å². The van der Waals surface area contributed by atoms with Crippen LogP contribution in [-0.4, -0.2) is 38.6 Å². The maximum Gasteiger partial charge on any atom is 0.265 e. The van der Waals surface area contributed by atoms with Crippen LogP contribution in [0, 0.1) is 0 Å². The van der Waals surface area contributed by atoms with Crippen molar-refractivity contribution in [1.82, 2.24) is 19.6 Å². The molecule has 136 valence electrons. The first-order valence-corrected chi connectivity index (χ1v) is 9.23. The summed E-state index contributed by atoms with van der Waals surface area (Å²) in [7, 11) is 0. The number of hydrogen-bond acceptors (Lipinski definition) is 3. The summed E-state index contributed by atoms with van der Waals surface area (Å²) in [6, 6.07) is 4.15. The van der Waals surface area contributed by atoms with Crippen molar-refractivity contribution in [1.29, 1.82) is 0 Å². The van der Waals surface area contributed by atoms with Crippen molar-refractivity contribution >= 4 is 28.2 Å². The quantitative estimate of drug-likeness (QED) is 0.677. The molecule has 0 atom stereocenters. The molecule has 0 amide bonds. The summed E-state index contributed by atoms with van der Waals surface area (Å²) in [6.45, 7) is 0.278. The molecule has 1 aliphatic carbocycles. The number of anilines is 1. The molecule has 0 spiro atoms. The lowest BCUT2D eigenvalue weighted by molar-refractivity contribution is -0.0116. The van der Waals surface area contributed by atoms with E-state index in [1.165, 1.54) is 0 Å². The Balaban J connectivity index is 1.56. The topological polar surface area (TPSA) is 38.9 Å². The smallest absolute Gasteiger partial charge is 0.265 e. The standard InChI is InChI=1S/C18H18ClF2N5/c19-15-6-12-8-23-26(14-9-22-25(10-14)13-2-3-13)16(12)7-17(15)24-5-1-4-18(20,21)11-24/h6-10,13H,1-5,11H2. The molecule has 2 fully saturated rings. The highest BCUT2D eigenvalue weighted by molar-refractivity contribution is 6.34. The summed E-state index contributed by atoms with van der Waals surface area (Å²) in [5.74, 6) is -2.68. The van der Waals surface area contributed by atoms with E-state index in [-0.39, 0.29) is 13.0 Å². The predicted molar refractivity (Wildman–Crippen MR) is 96.5 cm³/mol. The maximum absolute atomic E-state index is 13.8. The van der Waals surface area contributed by atoms with Crippen LogP contribution in [0.15, 0.2) is 30.7 Å². The third kappa shape index (κ3) is 2.74. The molecule has 5 rings (SSSR count). The van der Waals surface area contributed by atoms with Crippen molar-refractivity contribution in [2.24, 2.45) is 0 Å². The van der Waals surface area contributed by atoms with E-state index in [4.69, 9.17) is 11.6 Å². The average molecular weight is 378 g/mol. The van der Waals surface area contributed by atoms with Crippen molar-refractivity contribution in [3.8, 4) is 5.69 Å². The van der Waals surface area contributed by atoms with Crippen LogP contribution in [0.4, 0.5) is 14.5 Å². The Morgan fingerprint density at radius 3 is 2.77 bits per heavy atom. The van der Waals surface area contributed by atoms with Crippen LogP contribution in [0.5, 0.6) is 0 Å². The number of fused-ring (bicyclic) bond motifs is 1. The number of rotatable bonds is 3. The SMILES string of the molecule is FC1(F)CCCN(c2cc3c(cnn3-c3cnn(C4CC4)c3)cc2Cl)C1. The van der Waals surface area contributed by atoms with Crippen LogP contribution in [0.1, 0.15) is 31.7 Å². The van der Waals surface area contributed by atoms with Gasteiger partial charge in [0.25, 0.3) is 5.92 Å². The molecule has 1 aliphatic heterocycles. The third-order valence-corrected chi connectivity index (χ3v) is 5.43. The van der Waals surface area contributed by atoms with Gasteiger partial charge in [0.2, 0.25) is 0 Å². The van der Waals surface area contributed by atoms with Gasteiger partial charge in [-0.3, -0.25) is 4.68 Å². The van der Waals surface area contributed by atoms with E-state index >= 15 is 0 Å². The molecule has 3 heterocycles. The molecule has 3 aromatic rings. The Kier molecular flexibility index (Phi) is 3.50. The molecule has 0 radical (unpaired) electrons. The predicted octanol–water partition coefficient (Wildman–Crippen LogP) is 4.45. The zero-order valence-corrected chi connectivity index (χ0v) is 14.8. The van der Waals surface area contributed by atoms with Gasteiger partial charge in [-0.2, -0.15) is 10.2 Å². The van der Waals surface area contributed by atoms with Crippen LogP contribution >= 0.6 is 11.6 Å². The minimum absolute atomic E-state index is 0.0678. The zero-order chi connectivity index (χ0) is 17.9. The van der Waals surface area contributed by atoms with Crippen molar-refractivity contribution in [3.63, 3.8) is 0 Å². The van der Waals surface area contributed by atoms with Crippen molar-refractivity contribution < 1.29 is 8.78 Å². The van der Waals surface area contributed by atoms with Gasteiger partial charge in [-0.1, -0.05) is 11.6 Å². The molecule has 0 unspecified atom stereocenters. The van der Waals surface area contributed by atoms with Gasteiger partial charge in [0, 0.05) is 18.4 Å². The fraction of sp³-hybridized carbons (Fsp3) is 0.444. The minimum atomic E-state index is -2.68. The Labute approximate surface area is 154 Å². The third-order valence-electron chi connectivity index (χ3n) is 5.12. The molecule has 26 heavy (non-hydrogen) atoms. The van der Waals surface area contributed by atoms with Gasteiger partial charge >= 0.3 is 0 Å². The molecule has 0 bridgehead atoms. The first-order chi connectivity index (χ1) is 12.5. The normalized spacial score (nSPS) is 20.0. The Hall–Kier alpha value is -2.15. The van der Waals surface area contributed by atoms with Gasteiger partial charge in [-0.15, -0.1) is 0 Å². The van der Waals surface area contributed by atoms with Gasteiger partial charge < -0.3 is 4.90 Å². The van der Waals surface area contributed by atoms with Gasteiger partial charge in [0.15, 0.2) is 0 Å². The van der Waals surface area contributed by atoms with E-state index < -0.39 is 5.92 Å². The fourth-order valence-corrected chi connectivity index (χ4v) is 3.92. The number of nitrogens with zero attached hydrogens (tertiary/aromatic N) is 5. The van der Waals surface area contributed by atoms with E-state index in [0.717, 1.165) is 29.4 Å². The lowest BCUT2D eigenvalue weighted by atomic mass is 10.1. The number of halogens is 3. The zero-order valence-electron chi connectivity index (χ0n) is 14.1. The second-order valence-corrected chi connectivity index (χ2v) is 7.62.